The summed E-state index contributed by atoms with van der Waals surface area (Å²) in [5, 5.41) is 13.8. The minimum absolute atomic E-state index is 0.00647. The molecular formula is C19H23N3O4. The van der Waals surface area contributed by atoms with Gasteiger partial charge in [-0.2, -0.15) is 0 Å². The number of amides is 1. The molecule has 2 rings (SSSR count). The molecule has 0 bridgehead atoms. The van der Waals surface area contributed by atoms with Gasteiger partial charge in [0.1, 0.15) is 11.3 Å². The first-order valence-electron chi connectivity index (χ1n) is 8.34. The van der Waals surface area contributed by atoms with Crippen molar-refractivity contribution in [2.75, 3.05) is 27.2 Å². The first kappa shape index (κ1) is 19.4. The Morgan fingerprint density at radius 3 is 2.62 bits per heavy atom. The van der Waals surface area contributed by atoms with E-state index in [0.717, 1.165) is 19.5 Å². The molecule has 2 aromatic rings. The maximum absolute atomic E-state index is 12.3. The molecule has 0 aliphatic carbocycles. The zero-order chi connectivity index (χ0) is 18.9. The molecule has 1 N–H and O–H groups in total. The number of benzene rings is 2. The number of carbonyl (C=O) groups excluding carboxylic acids is 1. The fourth-order valence-electron chi connectivity index (χ4n) is 2.60. The number of nitro benzene ring substituents is 1. The predicted octanol–water partition coefficient (Wildman–Crippen LogP) is 2.86. The van der Waals surface area contributed by atoms with Gasteiger partial charge in [-0.15, -0.1) is 0 Å². The Kier molecular flexibility index (Phi) is 7.11. The summed E-state index contributed by atoms with van der Waals surface area (Å²) in [6.45, 7) is 2.07. The number of hydrogen-bond donors (Lipinski definition) is 1. The number of nitrogens with zero attached hydrogens (tertiary/aromatic N) is 2. The third-order valence-corrected chi connectivity index (χ3v) is 3.94. The van der Waals surface area contributed by atoms with E-state index < -0.39 is 10.8 Å². The molecule has 7 heteroatoms. The van der Waals surface area contributed by atoms with Gasteiger partial charge in [0.05, 0.1) is 12.0 Å². The van der Waals surface area contributed by atoms with Gasteiger partial charge in [-0.25, -0.2) is 0 Å². The van der Waals surface area contributed by atoms with Crippen molar-refractivity contribution >= 4 is 11.6 Å². The van der Waals surface area contributed by atoms with Crippen LogP contribution in [0.2, 0.25) is 0 Å². The smallest absolute Gasteiger partial charge is 0.282 e. The lowest BCUT2D eigenvalue weighted by Gasteiger charge is -2.16. The summed E-state index contributed by atoms with van der Waals surface area (Å²) in [4.78, 5) is 25.0. The van der Waals surface area contributed by atoms with Gasteiger partial charge in [-0.1, -0.05) is 30.3 Å². The summed E-state index contributed by atoms with van der Waals surface area (Å²) in [6, 6.07) is 14.3. The van der Waals surface area contributed by atoms with Gasteiger partial charge < -0.3 is 15.0 Å². The molecule has 0 heterocycles. The highest BCUT2D eigenvalue weighted by atomic mass is 16.6. The van der Waals surface area contributed by atoms with E-state index in [2.05, 4.69) is 22.3 Å². The van der Waals surface area contributed by atoms with Crippen LogP contribution in [0.3, 0.4) is 0 Å². The first-order valence-corrected chi connectivity index (χ1v) is 8.34. The quantitative estimate of drug-likeness (QED) is 0.424. The van der Waals surface area contributed by atoms with E-state index in [1.54, 1.807) is 0 Å². The standard InChI is InChI=1S/C19H23N3O4/c1-21(14-15-7-4-3-5-8-15)12-6-11-20-19(23)17-13-16(26-2)9-10-18(17)22(24)25/h3-5,7-10,13H,6,11-12,14H2,1-2H3,(H,20,23). The summed E-state index contributed by atoms with van der Waals surface area (Å²) in [5.74, 6) is -0.0651. The van der Waals surface area contributed by atoms with Crippen LogP contribution in [0.1, 0.15) is 22.3 Å². The molecule has 0 saturated heterocycles. The van der Waals surface area contributed by atoms with E-state index in [1.807, 2.05) is 25.2 Å². The molecule has 0 atom stereocenters. The predicted molar refractivity (Wildman–Crippen MR) is 99.4 cm³/mol. The van der Waals surface area contributed by atoms with Crippen LogP contribution in [-0.4, -0.2) is 43.0 Å². The summed E-state index contributed by atoms with van der Waals surface area (Å²) in [5.41, 5.74) is 1.00. The van der Waals surface area contributed by atoms with Crippen molar-refractivity contribution in [1.82, 2.24) is 10.2 Å². The maximum Gasteiger partial charge on any atom is 0.282 e. The molecule has 7 nitrogen and oxygen atoms in total. The molecule has 0 aliphatic rings. The fraction of sp³-hybridized carbons (Fsp3) is 0.316. The van der Waals surface area contributed by atoms with Crippen LogP contribution in [-0.2, 0) is 6.54 Å². The Hall–Kier alpha value is -2.93. The lowest BCUT2D eigenvalue weighted by Crippen LogP contribution is -2.28. The number of nitro groups is 1. The van der Waals surface area contributed by atoms with E-state index in [9.17, 15) is 14.9 Å². The van der Waals surface area contributed by atoms with Crippen molar-refractivity contribution in [3.05, 3.63) is 69.8 Å². The number of hydrogen-bond acceptors (Lipinski definition) is 5. The van der Waals surface area contributed by atoms with Crippen LogP contribution in [0.25, 0.3) is 0 Å². The highest BCUT2D eigenvalue weighted by molar-refractivity contribution is 5.98. The molecule has 0 aliphatic heterocycles. The molecule has 26 heavy (non-hydrogen) atoms. The molecule has 138 valence electrons. The van der Waals surface area contributed by atoms with Gasteiger partial charge >= 0.3 is 0 Å². The minimum atomic E-state index is -0.567. The number of nitrogens with one attached hydrogen (secondary N) is 1. The molecule has 0 aromatic heterocycles. The molecule has 0 saturated carbocycles. The van der Waals surface area contributed by atoms with E-state index in [0.29, 0.717) is 12.3 Å². The van der Waals surface area contributed by atoms with Crippen LogP contribution >= 0.6 is 0 Å². The molecule has 0 unspecified atom stereocenters. The molecule has 2 aromatic carbocycles. The third kappa shape index (κ3) is 5.56. The molecule has 0 fully saturated rings. The normalized spacial score (nSPS) is 10.6. The lowest BCUT2D eigenvalue weighted by molar-refractivity contribution is -0.385. The van der Waals surface area contributed by atoms with E-state index >= 15 is 0 Å². The molecule has 0 radical (unpaired) electrons. The number of methoxy groups -OCH3 is 1. The van der Waals surface area contributed by atoms with Crippen molar-refractivity contribution in [2.45, 2.75) is 13.0 Å². The van der Waals surface area contributed by atoms with Gasteiger partial charge in [-0.3, -0.25) is 14.9 Å². The van der Waals surface area contributed by atoms with E-state index in [-0.39, 0.29) is 11.3 Å². The van der Waals surface area contributed by atoms with Gasteiger partial charge in [0, 0.05) is 19.2 Å². The fourth-order valence-corrected chi connectivity index (χ4v) is 2.60. The largest absolute Gasteiger partial charge is 0.497 e. The summed E-state index contributed by atoms with van der Waals surface area (Å²) in [6.07, 6.45) is 0.743. The number of ether oxygens (including phenoxy) is 1. The van der Waals surface area contributed by atoms with Crippen LogP contribution < -0.4 is 10.1 Å². The molecule has 0 spiro atoms. The SMILES string of the molecule is COc1ccc([N+](=O)[O-])c(C(=O)NCCCN(C)Cc2ccccc2)c1. The maximum atomic E-state index is 12.3. The average molecular weight is 357 g/mol. The number of carbonyl (C=O) groups is 1. The van der Waals surface area contributed by atoms with Crippen molar-refractivity contribution in [3.63, 3.8) is 0 Å². The average Bonchev–Trinajstić information content (AvgIpc) is 2.65. The van der Waals surface area contributed by atoms with Crippen molar-refractivity contribution in [3.8, 4) is 5.75 Å². The Morgan fingerprint density at radius 1 is 1.23 bits per heavy atom. The second kappa shape index (κ2) is 9.53. The van der Waals surface area contributed by atoms with Crippen LogP contribution in [0.4, 0.5) is 5.69 Å². The van der Waals surface area contributed by atoms with Crippen molar-refractivity contribution in [2.24, 2.45) is 0 Å². The third-order valence-electron chi connectivity index (χ3n) is 3.94. The monoisotopic (exact) mass is 357 g/mol. The Balaban J connectivity index is 1.84. The highest BCUT2D eigenvalue weighted by Crippen LogP contribution is 2.23. The van der Waals surface area contributed by atoms with Gasteiger partial charge in [0.15, 0.2) is 0 Å². The van der Waals surface area contributed by atoms with Crippen molar-refractivity contribution in [1.29, 1.82) is 0 Å². The Labute approximate surface area is 152 Å². The second-order valence-corrected chi connectivity index (χ2v) is 5.97. The topological polar surface area (TPSA) is 84.7 Å². The highest BCUT2D eigenvalue weighted by Gasteiger charge is 2.20. The lowest BCUT2D eigenvalue weighted by atomic mass is 10.1. The van der Waals surface area contributed by atoms with Gasteiger partial charge in [-0.05, 0) is 37.7 Å². The summed E-state index contributed by atoms with van der Waals surface area (Å²) < 4.78 is 5.04. The van der Waals surface area contributed by atoms with Crippen LogP contribution in [0, 0.1) is 10.1 Å². The zero-order valence-electron chi connectivity index (χ0n) is 15.0. The second-order valence-electron chi connectivity index (χ2n) is 5.97. The minimum Gasteiger partial charge on any atom is -0.497 e. The Bertz CT molecular complexity index is 750. The van der Waals surface area contributed by atoms with Gasteiger partial charge in [0.25, 0.3) is 11.6 Å². The Morgan fingerprint density at radius 2 is 1.96 bits per heavy atom. The van der Waals surface area contributed by atoms with Crippen LogP contribution in [0.15, 0.2) is 48.5 Å². The van der Waals surface area contributed by atoms with Crippen molar-refractivity contribution < 1.29 is 14.5 Å². The van der Waals surface area contributed by atoms with E-state index in [1.165, 1.54) is 30.9 Å². The number of rotatable bonds is 9. The zero-order valence-corrected chi connectivity index (χ0v) is 15.0. The molecule has 1 amide bonds. The molecular weight excluding hydrogens is 334 g/mol. The first-order chi connectivity index (χ1) is 12.5. The van der Waals surface area contributed by atoms with Gasteiger partial charge in [0.2, 0.25) is 0 Å². The summed E-state index contributed by atoms with van der Waals surface area (Å²) in [7, 11) is 3.47. The van der Waals surface area contributed by atoms with Crippen LogP contribution in [0.5, 0.6) is 5.75 Å². The van der Waals surface area contributed by atoms with E-state index in [4.69, 9.17) is 4.74 Å². The summed E-state index contributed by atoms with van der Waals surface area (Å²) >= 11 is 0.